The molecule has 0 radical (unpaired) electrons. The topological polar surface area (TPSA) is 52.6 Å². The maximum Gasteiger partial charge on any atom is 0.508 e. The number of rotatable bonds is 3. The summed E-state index contributed by atoms with van der Waals surface area (Å²) < 4.78 is 11.3. The third-order valence-electron chi connectivity index (χ3n) is 10.2. The Morgan fingerprint density at radius 3 is 2.55 bits per heavy atom. The van der Waals surface area contributed by atoms with Gasteiger partial charge in [-0.05, 0) is 80.5 Å². The summed E-state index contributed by atoms with van der Waals surface area (Å²) in [5.41, 5.74) is 1.64. The van der Waals surface area contributed by atoms with Crippen LogP contribution >= 0.6 is 0 Å². The Balaban J connectivity index is 1.20. The maximum absolute atomic E-state index is 12.6. The molecule has 0 aromatic carbocycles. The largest absolute Gasteiger partial charge is 0.508 e. The number of carbonyl (C=O) groups is 2. The number of allylic oxidation sites excluding steroid dienone is 1. The highest BCUT2D eigenvalue weighted by molar-refractivity contribution is 5.87. The predicted octanol–water partition coefficient (Wildman–Crippen LogP) is 6.62. The van der Waals surface area contributed by atoms with E-state index in [0.29, 0.717) is 36.1 Å². The van der Waals surface area contributed by atoms with Gasteiger partial charge >= 0.3 is 6.16 Å². The van der Waals surface area contributed by atoms with Crippen LogP contribution in [0.3, 0.4) is 0 Å². The monoisotopic (exact) mass is 428 g/mol. The highest BCUT2D eigenvalue weighted by Crippen LogP contribution is 2.64. The highest BCUT2D eigenvalue weighted by atomic mass is 16.7. The zero-order chi connectivity index (χ0) is 21.6. The summed E-state index contributed by atoms with van der Waals surface area (Å²) in [5.74, 6) is 2.93. The molecule has 0 amide bonds. The van der Waals surface area contributed by atoms with E-state index in [2.05, 4.69) is 19.9 Å². The van der Waals surface area contributed by atoms with E-state index in [9.17, 15) is 9.59 Å². The van der Waals surface area contributed by atoms with E-state index in [-0.39, 0.29) is 16.9 Å². The van der Waals surface area contributed by atoms with Crippen molar-refractivity contribution in [2.24, 2.45) is 34.5 Å². The summed E-state index contributed by atoms with van der Waals surface area (Å²) in [6.07, 6.45) is 16.2. The lowest BCUT2D eigenvalue weighted by atomic mass is 9.48. The summed E-state index contributed by atoms with van der Waals surface area (Å²) in [6, 6.07) is 0. The highest BCUT2D eigenvalue weighted by Gasteiger charge is 2.58. The van der Waals surface area contributed by atoms with Gasteiger partial charge in [-0.2, -0.15) is 0 Å². The second-order valence-corrected chi connectivity index (χ2v) is 11.7. The summed E-state index contributed by atoms with van der Waals surface area (Å²) in [4.78, 5) is 24.9. The molecule has 0 aliphatic heterocycles. The summed E-state index contributed by atoms with van der Waals surface area (Å²) in [5, 5.41) is 0. The number of hydrogen-bond donors (Lipinski definition) is 0. The van der Waals surface area contributed by atoms with Gasteiger partial charge in [0.25, 0.3) is 0 Å². The average Bonchev–Trinajstić information content (AvgIpc) is 3.08. The van der Waals surface area contributed by atoms with Crippen molar-refractivity contribution in [1.82, 2.24) is 0 Å². The minimum Gasteiger partial charge on any atom is -0.434 e. The Hall–Kier alpha value is -1.32. The molecule has 0 N–H and O–H groups in total. The van der Waals surface area contributed by atoms with Crippen molar-refractivity contribution in [1.29, 1.82) is 0 Å². The number of ketones is 1. The van der Waals surface area contributed by atoms with Crippen molar-refractivity contribution in [2.75, 3.05) is 6.61 Å². The summed E-state index contributed by atoms with van der Waals surface area (Å²) in [7, 11) is 0. The van der Waals surface area contributed by atoms with Crippen LogP contribution in [0.15, 0.2) is 11.6 Å². The van der Waals surface area contributed by atoms with Crippen LogP contribution in [0.25, 0.3) is 0 Å². The van der Waals surface area contributed by atoms with Crippen LogP contribution in [-0.4, -0.2) is 24.6 Å². The molecule has 31 heavy (non-hydrogen) atoms. The first-order valence-electron chi connectivity index (χ1n) is 13.0. The van der Waals surface area contributed by atoms with Gasteiger partial charge in [0.2, 0.25) is 0 Å². The van der Waals surface area contributed by atoms with Crippen LogP contribution in [0.4, 0.5) is 4.79 Å². The van der Waals surface area contributed by atoms with E-state index in [1.165, 1.54) is 44.1 Å². The fraction of sp³-hybridized carbons (Fsp3) is 0.852. The lowest BCUT2D eigenvalue weighted by Crippen LogP contribution is -2.50. The molecule has 0 spiro atoms. The first kappa shape index (κ1) is 21.5. The molecule has 4 fully saturated rings. The molecular formula is C27H40O4. The van der Waals surface area contributed by atoms with Gasteiger partial charge in [-0.3, -0.25) is 4.79 Å². The van der Waals surface area contributed by atoms with E-state index < -0.39 is 6.16 Å². The molecule has 172 valence electrons. The minimum absolute atomic E-state index is 0.0448. The first-order chi connectivity index (χ1) is 14.9. The van der Waals surface area contributed by atoms with Crippen LogP contribution in [0, 0.1) is 34.5 Å². The van der Waals surface area contributed by atoms with Crippen molar-refractivity contribution in [3.8, 4) is 0 Å². The van der Waals surface area contributed by atoms with Crippen molar-refractivity contribution in [2.45, 2.75) is 103 Å². The normalized spacial score (nSPS) is 42.8. The minimum atomic E-state index is -0.466. The van der Waals surface area contributed by atoms with E-state index in [0.717, 1.165) is 44.9 Å². The third kappa shape index (κ3) is 3.76. The Morgan fingerprint density at radius 1 is 1.00 bits per heavy atom. The van der Waals surface area contributed by atoms with E-state index in [1.54, 1.807) is 0 Å². The third-order valence-corrected chi connectivity index (χ3v) is 10.2. The molecule has 4 nitrogen and oxygen atoms in total. The molecule has 4 heteroatoms. The SMILES string of the molecule is C[C@]12CC[C@H](OC(=O)OCC3CCCCC3)CC1=CC[C@@H]1[C@@H]2CC[C@]2(C)C(=O)CC[C@@H]12. The van der Waals surface area contributed by atoms with Crippen molar-refractivity contribution < 1.29 is 19.1 Å². The first-order valence-corrected chi connectivity index (χ1v) is 13.0. The molecule has 5 rings (SSSR count). The number of fused-ring (bicyclic) bond motifs is 5. The molecule has 0 aromatic rings. The fourth-order valence-electron chi connectivity index (χ4n) is 8.21. The van der Waals surface area contributed by atoms with Crippen LogP contribution in [0.1, 0.15) is 97.3 Å². The molecule has 0 saturated heterocycles. The second kappa shape index (κ2) is 8.23. The van der Waals surface area contributed by atoms with E-state index >= 15 is 0 Å². The lowest BCUT2D eigenvalue weighted by molar-refractivity contribution is -0.132. The molecular weight excluding hydrogens is 388 g/mol. The molecule has 0 bridgehead atoms. The van der Waals surface area contributed by atoms with E-state index in [1.807, 2.05) is 0 Å². The Kier molecular flexibility index (Phi) is 5.71. The fourth-order valence-corrected chi connectivity index (χ4v) is 8.21. The van der Waals surface area contributed by atoms with Gasteiger partial charge in [0.05, 0.1) is 6.61 Å². The molecule has 6 atom stereocenters. The number of ether oxygens (including phenoxy) is 2. The average molecular weight is 429 g/mol. The van der Waals surface area contributed by atoms with Gasteiger partial charge in [0.15, 0.2) is 0 Å². The second-order valence-electron chi connectivity index (χ2n) is 11.7. The molecule has 5 aliphatic rings. The Morgan fingerprint density at radius 2 is 1.74 bits per heavy atom. The van der Waals surface area contributed by atoms with Crippen LogP contribution < -0.4 is 0 Å². The standard InChI is InChI=1S/C27H40O4/c1-26-14-12-20(31-25(29)30-17-18-6-4-3-5-7-18)16-19(26)8-9-21-22-10-11-24(28)27(22,2)15-13-23(21)26/h8,18,20-23H,3-7,9-17H2,1-2H3/t20-,21-,22-,23-,26-,27-/m0/s1. The smallest absolute Gasteiger partial charge is 0.434 e. The Bertz CT molecular complexity index is 750. The van der Waals surface area contributed by atoms with Gasteiger partial charge in [-0.25, -0.2) is 4.79 Å². The van der Waals surface area contributed by atoms with Gasteiger partial charge in [0, 0.05) is 18.3 Å². The Labute approximate surface area is 187 Å². The van der Waals surface area contributed by atoms with Crippen molar-refractivity contribution in [3.05, 3.63) is 11.6 Å². The van der Waals surface area contributed by atoms with E-state index in [4.69, 9.17) is 9.47 Å². The summed E-state index contributed by atoms with van der Waals surface area (Å²) in [6.45, 7) is 5.22. The van der Waals surface area contributed by atoms with Gasteiger partial charge in [0.1, 0.15) is 11.9 Å². The zero-order valence-corrected chi connectivity index (χ0v) is 19.5. The predicted molar refractivity (Wildman–Crippen MR) is 120 cm³/mol. The summed E-state index contributed by atoms with van der Waals surface area (Å²) >= 11 is 0. The van der Waals surface area contributed by atoms with Crippen molar-refractivity contribution in [3.63, 3.8) is 0 Å². The maximum atomic E-state index is 12.6. The van der Waals surface area contributed by atoms with Gasteiger partial charge in [-0.1, -0.05) is 44.8 Å². The molecule has 0 unspecified atom stereocenters. The molecule has 5 aliphatic carbocycles. The van der Waals surface area contributed by atoms with Crippen molar-refractivity contribution >= 4 is 11.9 Å². The van der Waals surface area contributed by atoms with Crippen LogP contribution in [0.2, 0.25) is 0 Å². The number of Topliss-reactive ketones (excluding diaryl/α,β-unsaturated/α-hetero) is 1. The number of carbonyl (C=O) groups excluding carboxylic acids is 2. The van der Waals surface area contributed by atoms with Gasteiger partial charge in [-0.15, -0.1) is 0 Å². The molecule has 0 aromatic heterocycles. The van der Waals surface area contributed by atoms with Crippen LogP contribution in [-0.2, 0) is 14.3 Å². The van der Waals surface area contributed by atoms with Gasteiger partial charge < -0.3 is 9.47 Å². The quantitative estimate of drug-likeness (QED) is 0.374. The lowest BCUT2D eigenvalue weighted by Gasteiger charge is -2.56. The molecule has 4 saturated carbocycles. The number of hydrogen-bond acceptors (Lipinski definition) is 4. The zero-order valence-electron chi connectivity index (χ0n) is 19.5. The van der Waals surface area contributed by atoms with Crippen LogP contribution in [0.5, 0.6) is 0 Å². The molecule has 0 heterocycles.